The number of H-pyrrole nitrogens is 1. The zero-order chi connectivity index (χ0) is 17.7. The van der Waals surface area contributed by atoms with E-state index in [9.17, 15) is 18.0 Å². The summed E-state index contributed by atoms with van der Waals surface area (Å²) in [5, 5.41) is 13.6. The van der Waals surface area contributed by atoms with Gasteiger partial charge in [0.1, 0.15) is 0 Å². The molecule has 0 saturated carbocycles. The number of benzene rings is 1. The van der Waals surface area contributed by atoms with Crippen LogP contribution in [-0.2, 0) is 6.42 Å². The topological polar surface area (TPSA) is 74.8 Å². The van der Waals surface area contributed by atoms with Crippen molar-refractivity contribution in [3.63, 3.8) is 0 Å². The van der Waals surface area contributed by atoms with Gasteiger partial charge in [0, 0.05) is 31.5 Å². The Hall–Kier alpha value is -2.45. The summed E-state index contributed by atoms with van der Waals surface area (Å²) in [5.41, 5.74) is 0.972. The molecule has 1 unspecified atom stereocenters. The number of aryl methyl sites for hydroxylation is 1. The molecule has 9 heteroatoms. The van der Waals surface area contributed by atoms with Gasteiger partial charge in [-0.05, 0) is 24.1 Å². The van der Waals surface area contributed by atoms with Crippen LogP contribution in [0.1, 0.15) is 41.0 Å². The van der Waals surface area contributed by atoms with Crippen molar-refractivity contribution >= 4 is 5.91 Å². The summed E-state index contributed by atoms with van der Waals surface area (Å²) in [6, 6.07) is 6.19. The number of hydrogen-bond donors (Lipinski definition) is 1. The summed E-state index contributed by atoms with van der Waals surface area (Å²) in [7, 11) is 1.65. The first-order valence-corrected chi connectivity index (χ1v) is 7.41. The Bertz CT molecular complexity index is 655. The van der Waals surface area contributed by atoms with Gasteiger partial charge in [0.15, 0.2) is 5.82 Å². The zero-order valence-corrected chi connectivity index (χ0v) is 13.3. The minimum atomic E-state index is -4.18. The van der Waals surface area contributed by atoms with E-state index >= 15 is 0 Å². The van der Waals surface area contributed by atoms with Crippen molar-refractivity contribution in [3.8, 4) is 0 Å². The standard InChI is InChI=1S/C15H18F3N5O/c1-10(13-19-21-22-20-13)9-23(2)14(24)12-5-3-11(4-6-12)7-8-15(16,17)18/h3-6,10H,7-9H2,1-2H3,(H,19,20,21,22). The second-order valence-corrected chi connectivity index (χ2v) is 5.67. The molecule has 0 aliphatic rings. The van der Waals surface area contributed by atoms with E-state index in [4.69, 9.17) is 0 Å². The molecule has 0 fully saturated rings. The number of carbonyl (C=O) groups excluding carboxylic acids is 1. The maximum atomic E-state index is 12.4. The predicted octanol–water partition coefficient (Wildman–Crippen LogP) is 2.57. The molecule has 2 rings (SSSR count). The van der Waals surface area contributed by atoms with Crippen LogP contribution in [0, 0.1) is 0 Å². The summed E-state index contributed by atoms with van der Waals surface area (Å²) in [6.45, 7) is 2.27. The van der Waals surface area contributed by atoms with E-state index in [1.807, 2.05) is 6.92 Å². The molecule has 1 aromatic heterocycles. The van der Waals surface area contributed by atoms with Gasteiger partial charge in [0.2, 0.25) is 0 Å². The first-order chi connectivity index (χ1) is 11.3. The lowest BCUT2D eigenvalue weighted by molar-refractivity contribution is -0.134. The number of carbonyl (C=O) groups is 1. The highest BCUT2D eigenvalue weighted by Gasteiger charge is 2.26. The monoisotopic (exact) mass is 341 g/mol. The highest BCUT2D eigenvalue weighted by Crippen LogP contribution is 2.22. The number of amides is 1. The van der Waals surface area contributed by atoms with Crippen LogP contribution in [0.5, 0.6) is 0 Å². The van der Waals surface area contributed by atoms with Crippen molar-refractivity contribution in [2.75, 3.05) is 13.6 Å². The molecule has 6 nitrogen and oxygen atoms in total. The fourth-order valence-corrected chi connectivity index (χ4v) is 2.27. The molecule has 0 aliphatic heterocycles. The van der Waals surface area contributed by atoms with Gasteiger partial charge in [0.25, 0.3) is 5.91 Å². The first kappa shape index (κ1) is 17.9. The van der Waals surface area contributed by atoms with Gasteiger partial charge in [-0.25, -0.2) is 0 Å². The van der Waals surface area contributed by atoms with Gasteiger partial charge in [-0.15, -0.1) is 10.2 Å². The van der Waals surface area contributed by atoms with E-state index < -0.39 is 12.6 Å². The smallest absolute Gasteiger partial charge is 0.341 e. The van der Waals surface area contributed by atoms with E-state index in [-0.39, 0.29) is 18.2 Å². The lowest BCUT2D eigenvalue weighted by Crippen LogP contribution is -2.30. The van der Waals surface area contributed by atoms with Crippen molar-refractivity contribution in [3.05, 3.63) is 41.2 Å². The summed E-state index contributed by atoms with van der Waals surface area (Å²) in [4.78, 5) is 13.9. The molecule has 0 spiro atoms. The van der Waals surface area contributed by atoms with Crippen LogP contribution in [0.25, 0.3) is 0 Å². The summed E-state index contributed by atoms with van der Waals surface area (Å²) >= 11 is 0. The molecular formula is C15H18F3N5O. The van der Waals surface area contributed by atoms with E-state index in [0.29, 0.717) is 23.5 Å². The van der Waals surface area contributed by atoms with Crippen LogP contribution in [0.2, 0.25) is 0 Å². The molecule has 0 saturated heterocycles. The molecule has 2 aromatic rings. The number of aromatic nitrogens is 4. The second-order valence-electron chi connectivity index (χ2n) is 5.67. The van der Waals surface area contributed by atoms with Crippen molar-refractivity contribution < 1.29 is 18.0 Å². The Balaban J connectivity index is 1.94. The Morgan fingerprint density at radius 3 is 2.50 bits per heavy atom. The molecular weight excluding hydrogens is 323 g/mol. The molecule has 0 bridgehead atoms. The molecule has 0 radical (unpaired) electrons. The Morgan fingerprint density at radius 1 is 1.29 bits per heavy atom. The number of nitrogens with zero attached hydrogens (tertiary/aromatic N) is 4. The van der Waals surface area contributed by atoms with Crippen molar-refractivity contribution in [2.45, 2.75) is 31.9 Å². The lowest BCUT2D eigenvalue weighted by Gasteiger charge is -2.20. The van der Waals surface area contributed by atoms with Crippen molar-refractivity contribution in [1.29, 1.82) is 0 Å². The van der Waals surface area contributed by atoms with E-state index in [1.54, 1.807) is 31.3 Å². The lowest BCUT2D eigenvalue weighted by atomic mass is 10.1. The van der Waals surface area contributed by atoms with Crippen LogP contribution in [0.3, 0.4) is 0 Å². The van der Waals surface area contributed by atoms with Crippen molar-refractivity contribution in [1.82, 2.24) is 25.5 Å². The van der Waals surface area contributed by atoms with Crippen LogP contribution in [-0.4, -0.2) is 51.2 Å². The third kappa shape index (κ3) is 5.04. The summed E-state index contributed by atoms with van der Waals surface area (Å²) in [5.74, 6) is 0.202. The Kier molecular flexibility index (Phi) is 5.53. The van der Waals surface area contributed by atoms with Gasteiger partial charge in [-0.2, -0.15) is 18.4 Å². The molecule has 1 heterocycles. The molecule has 1 aromatic carbocycles. The summed E-state index contributed by atoms with van der Waals surface area (Å²) < 4.78 is 36.6. The predicted molar refractivity (Wildman–Crippen MR) is 80.4 cm³/mol. The number of hydrogen-bond acceptors (Lipinski definition) is 4. The minimum Gasteiger partial charge on any atom is -0.341 e. The highest BCUT2D eigenvalue weighted by atomic mass is 19.4. The van der Waals surface area contributed by atoms with Gasteiger partial charge < -0.3 is 4.90 Å². The largest absolute Gasteiger partial charge is 0.389 e. The van der Waals surface area contributed by atoms with Crippen LogP contribution >= 0.6 is 0 Å². The van der Waals surface area contributed by atoms with Gasteiger partial charge in [-0.3, -0.25) is 4.79 Å². The SMILES string of the molecule is CC(CN(C)C(=O)c1ccc(CCC(F)(F)F)cc1)c1nn[nH]n1. The number of likely N-dealkylation sites (N-methyl/N-ethyl adjacent to an activating group) is 1. The Labute approximate surface area is 137 Å². The molecule has 0 aliphatic carbocycles. The van der Waals surface area contributed by atoms with Gasteiger partial charge in [0.05, 0.1) is 0 Å². The minimum absolute atomic E-state index is 0.0937. The number of halogens is 3. The zero-order valence-electron chi connectivity index (χ0n) is 13.3. The van der Waals surface area contributed by atoms with E-state index in [1.165, 1.54) is 4.90 Å². The first-order valence-electron chi connectivity index (χ1n) is 7.41. The maximum absolute atomic E-state index is 12.4. The average molecular weight is 341 g/mol. The quantitative estimate of drug-likeness (QED) is 0.876. The molecule has 1 N–H and O–H groups in total. The Morgan fingerprint density at radius 2 is 1.96 bits per heavy atom. The molecule has 130 valence electrons. The van der Waals surface area contributed by atoms with Crippen molar-refractivity contribution in [2.24, 2.45) is 0 Å². The third-order valence-electron chi connectivity index (χ3n) is 3.59. The van der Waals surface area contributed by atoms with E-state index in [0.717, 1.165) is 0 Å². The third-order valence-corrected chi connectivity index (χ3v) is 3.59. The normalized spacial score (nSPS) is 12.9. The summed E-state index contributed by atoms with van der Waals surface area (Å²) in [6.07, 6.45) is -5.15. The number of alkyl halides is 3. The number of nitrogens with one attached hydrogen (secondary N) is 1. The van der Waals surface area contributed by atoms with Gasteiger partial charge in [-0.1, -0.05) is 24.3 Å². The average Bonchev–Trinajstić information content (AvgIpc) is 3.06. The maximum Gasteiger partial charge on any atom is 0.389 e. The van der Waals surface area contributed by atoms with Gasteiger partial charge >= 0.3 is 6.18 Å². The number of aromatic amines is 1. The van der Waals surface area contributed by atoms with Crippen LogP contribution in [0.4, 0.5) is 13.2 Å². The molecule has 1 amide bonds. The van der Waals surface area contributed by atoms with Crippen LogP contribution in [0.15, 0.2) is 24.3 Å². The molecule has 1 atom stereocenters. The highest BCUT2D eigenvalue weighted by molar-refractivity contribution is 5.94. The molecule has 24 heavy (non-hydrogen) atoms. The van der Waals surface area contributed by atoms with Crippen LogP contribution < -0.4 is 0 Å². The number of tetrazole rings is 1. The number of rotatable bonds is 6. The second kappa shape index (κ2) is 7.41. The van der Waals surface area contributed by atoms with E-state index in [2.05, 4.69) is 20.6 Å². The fourth-order valence-electron chi connectivity index (χ4n) is 2.27. The fraction of sp³-hybridized carbons (Fsp3) is 0.467.